The zero-order chi connectivity index (χ0) is 22.1. The van der Waals surface area contributed by atoms with E-state index in [4.69, 9.17) is 4.74 Å². The Balaban J connectivity index is 1.62. The fourth-order valence-corrected chi connectivity index (χ4v) is 4.41. The Labute approximate surface area is 179 Å². The summed E-state index contributed by atoms with van der Waals surface area (Å²) in [5.74, 6) is -1.20. The van der Waals surface area contributed by atoms with Gasteiger partial charge in [0, 0.05) is 18.4 Å². The number of aromatic hydroxyl groups is 1. The SMILES string of the molecule is CO[C@@H]1CCCc2c(Cc3c(C)cc(NC(=O)c4noc(=O)[nH]4)cc3C)ccc(O)c21. The van der Waals surface area contributed by atoms with Gasteiger partial charge in [-0.25, -0.2) is 4.79 Å². The summed E-state index contributed by atoms with van der Waals surface area (Å²) in [6, 6.07) is 7.53. The highest BCUT2D eigenvalue weighted by atomic mass is 16.5. The highest BCUT2D eigenvalue weighted by Crippen LogP contribution is 2.40. The minimum absolute atomic E-state index is 0.0774. The number of phenolic OH excluding ortho intramolecular Hbond substituents is 1. The Bertz CT molecular complexity index is 1170. The molecule has 0 radical (unpaired) electrons. The molecular formula is C23H25N3O5. The summed E-state index contributed by atoms with van der Waals surface area (Å²) < 4.78 is 9.98. The maximum Gasteiger partial charge on any atom is 0.439 e. The Morgan fingerprint density at radius 2 is 2.06 bits per heavy atom. The number of carbonyl (C=O) groups excluding carboxylic acids is 1. The van der Waals surface area contributed by atoms with Gasteiger partial charge in [-0.05, 0) is 90.7 Å². The van der Waals surface area contributed by atoms with Gasteiger partial charge in [-0.1, -0.05) is 6.07 Å². The number of amides is 1. The van der Waals surface area contributed by atoms with Gasteiger partial charge in [0.1, 0.15) is 5.75 Å². The molecule has 0 unspecified atom stereocenters. The molecular weight excluding hydrogens is 398 g/mol. The van der Waals surface area contributed by atoms with Gasteiger partial charge in [0.15, 0.2) is 0 Å². The van der Waals surface area contributed by atoms with Crippen molar-refractivity contribution in [1.82, 2.24) is 10.1 Å². The molecule has 8 nitrogen and oxygen atoms in total. The number of rotatable bonds is 5. The third-order valence-electron chi connectivity index (χ3n) is 5.91. The fourth-order valence-electron chi connectivity index (χ4n) is 4.41. The average molecular weight is 423 g/mol. The van der Waals surface area contributed by atoms with E-state index in [0.717, 1.165) is 42.4 Å². The van der Waals surface area contributed by atoms with Crippen molar-refractivity contribution in [2.24, 2.45) is 0 Å². The lowest BCUT2D eigenvalue weighted by Crippen LogP contribution is -2.16. The van der Waals surface area contributed by atoms with Gasteiger partial charge >= 0.3 is 5.76 Å². The molecule has 2 aromatic carbocycles. The van der Waals surface area contributed by atoms with Crippen LogP contribution in [0.4, 0.5) is 5.69 Å². The number of nitrogens with one attached hydrogen (secondary N) is 2. The minimum atomic E-state index is -0.777. The van der Waals surface area contributed by atoms with Gasteiger partial charge < -0.3 is 15.2 Å². The lowest BCUT2D eigenvalue weighted by atomic mass is 9.83. The molecule has 0 spiro atoms. The van der Waals surface area contributed by atoms with E-state index < -0.39 is 11.7 Å². The molecule has 0 saturated carbocycles. The molecule has 0 saturated heterocycles. The van der Waals surface area contributed by atoms with Crippen LogP contribution in [-0.2, 0) is 17.6 Å². The summed E-state index contributed by atoms with van der Waals surface area (Å²) in [5, 5.41) is 16.6. The second-order valence-electron chi connectivity index (χ2n) is 7.92. The molecule has 1 amide bonds. The van der Waals surface area contributed by atoms with E-state index in [1.165, 1.54) is 16.7 Å². The van der Waals surface area contributed by atoms with Crippen molar-refractivity contribution < 1.29 is 19.2 Å². The van der Waals surface area contributed by atoms with Crippen LogP contribution in [0.1, 0.15) is 62.9 Å². The maximum atomic E-state index is 12.2. The molecule has 1 heterocycles. The van der Waals surface area contributed by atoms with Crippen LogP contribution >= 0.6 is 0 Å². The summed E-state index contributed by atoms with van der Waals surface area (Å²) in [5.41, 5.74) is 7.10. The molecule has 31 heavy (non-hydrogen) atoms. The molecule has 3 aromatic rings. The number of fused-ring (bicyclic) bond motifs is 1. The van der Waals surface area contributed by atoms with Crippen LogP contribution in [0.3, 0.4) is 0 Å². The predicted octanol–water partition coefficient (Wildman–Crippen LogP) is 3.55. The number of H-pyrrole nitrogens is 1. The van der Waals surface area contributed by atoms with Crippen LogP contribution in [0.2, 0.25) is 0 Å². The van der Waals surface area contributed by atoms with E-state index in [2.05, 4.69) is 20.0 Å². The number of carbonyl (C=O) groups is 1. The number of anilines is 1. The van der Waals surface area contributed by atoms with Crippen LogP contribution in [0.15, 0.2) is 33.6 Å². The predicted molar refractivity (Wildman–Crippen MR) is 115 cm³/mol. The third kappa shape index (κ3) is 4.11. The summed E-state index contributed by atoms with van der Waals surface area (Å²) >= 11 is 0. The Morgan fingerprint density at radius 3 is 2.71 bits per heavy atom. The number of aryl methyl sites for hydroxylation is 2. The molecule has 162 valence electrons. The quantitative estimate of drug-likeness (QED) is 0.578. The zero-order valence-corrected chi connectivity index (χ0v) is 17.7. The average Bonchev–Trinajstić information content (AvgIpc) is 3.18. The first-order valence-electron chi connectivity index (χ1n) is 10.2. The normalized spacial score (nSPS) is 15.5. The van der Waals surface area contributed by atoms with Crippen LogP contribution < -0.4 is 11.1 Å². The summed E-state index contributed by atoms with van der Waals surface area (Å²) in [6.45, 7) is 4.00. The Kier molecular flexibility index (Phi) is 5.65. The van der Waals surface area contributed by atoms with E-state index in [0.29, 0.717) is 11.4 Å². The van der Waals surface area contributed by atoms with E-state index in [1.807, 2.05) is 32.0 Å². The fraction of sp³-hybridized carbons (Fsp3) is 0.348. The molecule has 8 heteroatoms. The van der Waals surface area contributed by atoms with Gasteiger partial charge in [0.25, 0.3) is 5.91 Å². The largest absolute Gasteiger partial charge is 0.508 e. The number of aromatic amines is 1. The number of hydrogen-bond acceptors (Lipinski definition) is 6. The molecule has 0 bridgehead atoms. The molecule has 1 aromatic heterocycles. The van der Waals surface area contributed by atoms with E-state index in [1.54, 1.807) is 13.2 Å². The Morgan fingerprint density at radius 1 is 1.32 bits per heavy atom. The standard InChI is InChI=1S/C23H25N3O5/c1-12-9-15(24-22(28)21-25-23(29)31-26-21)10-13(2)17(12)11-14-7-8-18(27)20-16(14)5-4-6-19(20)30-3/h7-10,19,27H,4-6,11H2,1-3H3,(H,24,28)(H,25,26,29)/t19-/m1/s1. The summed E-state index contributed by atoms with van der Waals surface area (Å²) in [6.07, 6.45) is 3.49. The molecule has 1 aliphatic carbocycles. The van der Waals surface area contributed by atoms with Gasteiger partial charge in [-0.2, -0.15) is 0 Å². The van der Waals surface area contributed by atoms with Gasteiger partial charge in [0.2, 0.25) is 5.82 Å². The number of benzene rings is 2. The van der Waals surface area contributed by atoms with Gasteiger partial charge in [-0.3, -0.25) is 14.3 Å². The Hall–Kier alpha value is -3.39. The molecule has 1 aliphatic rings. The molecule has 0 aliphatic heterocycles. The van der Waals surface area contributed by atoms with E-state index in [9.17, 15) is 14.7 Å². The van der Waals surface area contributed by atoms with Gasteiger partial charge in [0.05, 0.1) is 6.10 Å². The second kappa shape index (κ2) is 8.39. The zero-order valence-electron chi connectivity index (χ0n) is 17.7. The maximum absolute atomic E-state index is 12.2. The van der Waals surface area contributed by atoms with Crippen molar-refractivity contribution in [2.75, 3.05) is 12.4 Å². The van der Waals surface area contributed by atoms with Crippen molar-refractivity contribution in [2.45, 2.75) is 45.6 Å². The number of ether oxygens (including phenoxy) is 1. The first-order valence-corrected chi connectivity index (χ1v) is 10.2. The topological polar surface area (TPSA) is 117 Å². The molecule has 1 atom stereocenters. The molecule has 0 fully saturated rings. The lowest BCUT2D eigenvalue weighted by Gasteiger charge is -2.27. The third-order valence-corrected chi connectivity index (χ3v) is 5.91. The van der Waals surface area contributed by atoms with Crippen LogP contribution in [0.5, 0.6) is 5.75 Å². The lowest BCUT2D eigenvalue weighted by molar-refractivity contribution is 0.0856. The number of hydrogen-bond donors (Lipinski definition) is 3. The highest BCUT2D eigenvalue weighted by Gasteiger charge is 2.26. The summed E-state index contributed by atoms with van der Waals surface area (Å²) in [4.78, 5) is 25.5. The monoisotopic (exact) mass is 423 g/mol. The minimum Gasteiger partial charge on any atom is -0.508 e. The van der Waals surface area contributed by atoms with Crippen LogP contribution in [0.25, 0.3) is 0 Å². The van der Waals surface area contributed by atoms with Crippen molar-refractivity contribution in [1.29, 1.82) is 0 Å². The number of phenols is 1. The number of methoxy groups -OCH3 is 1. The first kappa shape index (κ1) is 20.9. The van der Waals surface area contributed by atoms with Crippen molar-refractivity contribution in [3.8, 4) is 5.75 Å². The van der Waals surface area contributed by atoms with Crippen molar-refractivity contribution in [3.63, 3.8) is 0 Å². The first-order chi connectivity index (χ1) is 14.9. The van der Waals surface area contributed by atoms with Crippen molar-refractivity contribution >= 4 is 11.6 Å². The molecule has 4 rings (SSSR count). The van der Waals surface area contributed by atoms with Gasteiger partial charge in [-0.15, -0.1) is 0 Å². The van der Waals surface area contributed by atoms with E-state index >= 15 is 0 Å². The van der Waals surface area contributed by atoms with Crippen molar-refractivity contribution in [3.05, 3.63) is 74.0 Å². The van der Waals surface area contributed by atoms with E-state index in [-0.39, 0.29) is 11.9 Å². The molecule has 3 N–H and O–H groups in total. The van der Waals surface area contributed by atoms with Crippen LogP contribution in [0, 0.1) is 13.8 Å². The second-order valence-corrected chi connectivity index (χ2v) is 7.92. The highest BCUT2D eigenvalue weighted by molar-refractivity contribution is 6.01. The number of nitrogens with zero attached hydrogens (tertiary/aromatic N) is 1. The number of aromatic nitrogens is 2. The summed E-state index contributed by atoms with van der Waals surface area (Å²) in [7, 11) is 1.68. The smallest absolute Gasteiger partial charge is 0.439 e. The van der Waals surface area contributed by atoms with Crippen LogP contribution in [-0.4, -0.2) is 28.3 Å².